The lowest BCUT2D eigenvalue weighted by molar-refractivity contribution is 0.0267. The molecule has 0 heterocycles. The van der Waals surface area contributed by atoms with Crippen molar-refractivity contribution < 1.29 is 13.5 Å². The molecule has 2 N–H and O–H groups in total. The van der Waals surface area contributed by atoms with Gasteiger partial charge in [-0.2, -0.15) is 4.72 Å². The van der Waals surface area contributed by atoms with Crippen molar-refractivity contribution in [2.24, 2.45) is 0 Å². The van der Waals surface area contributed by atoms with Crippen LogP contribution in [0.2, 0.25) is 0 Å². The van der Waals surface area contributed by atoms with Gasteiger partial charge in [-0.15, -0.1) is 0 Å². The van der Waals surface area contributed by atoms with E-state index in [1.54, 1.807) is 36.4 Å². The predicted molar refractivity (Wildman–Crippen MR) is 80.2 cm³/mol. The first kappa shape index (κ1) is 14.3. The lowest BCUT2D eigenvalue weighted by atomic mass is 10.1. The number of nitrogens with one attached hydrogen (secondary N) is 1. The van der Waals surface area contributed by atoms with E-state index in [1.807, 2.05) is 19.1 Å². The van der Waals surface area contributed by atoms with E-state index < -0.39 is 15.7 Å². The van der Waals surface area contributed by atoms with E-state index in [0.29, 0.717) is 18.4 Å². The smallest absolute Gasteiger partial charge is 0.243 e. The number of aliphatic hydroxyl groups is 1. The highest BCUT2D eigenvalue weighted by molar-refractivity contribution is 7.89. The van der Waals surface area contributed by atoms with Crippen molar-refractivity contribution >= 4 is 10.0 Å². The quantitative estimate of drug-likeness (QED) is 0.853. The van der Waals surface area contributed by atoms with Gasteiger partial charge in [0.05, 0.1) is 4.90 Å². The Morgan fingerprint density at radius 1 is 1.10 bits per heavy atom. The van der Waals surface area contributed by atoms with Crippen LogP contribution in [0.4, 0.5) is 0 Å². The summed E-state index contributed by atoms with van der Waals surface area (Å²) in [7, 11) is -3.76. The molecule has 1 aliphatic rings. The SMILES string of the molecule is Cc1ccc(S(=O)(=O)NC2(O)CCc3ccccc32)cc1. The van der Waals surface area contributed by atoms with E-state index in [-0.39, 0.29) is 4.90 Å². The Balaban J connectivity index is 1.95. The third-order valence-corrected chi connectivity index (χ3v) is 5.35. The number of hydrogen-bond donors (Lipinski definition) is 2. The van der Waals surface area contributed by atoms with Gasteiger partial charge in [0.25, 0.3) is 0 Å². The van der Waals surface area contributed by atoms with Crippen molar-refractivity contribution in [1.29, 1.82) is 0 Å². The summed E-state index contributed by atoms with van der Waals surface area (Å²) in [5.74, 6) is 0. The Hall–Kier alpha value is -1.69. The second-order valence-corrected chi connectivity index (χ2v) is 7.12. The Morgan fingerprint density at radius 3 is 2.48 bits per heavy atom. The minimum atomic E-state index is -3.76. The van der Waals surface area contributed by atoms with E-state index in [4.69, 9.17) is 0 Å². The molecule has 0 spiro atoms. The van der Waals surface area contributed by atoms with Gasteiger partial charge >= 0.3 is 0 Å². The minimum Gasteiger partial charge on any atom is -0.371 e. The van der Waals surface area contributed by atoms with Crippen molar-refractivity contribution in [3.05, 3.63) is 65.2 Å². The first-order valence-electron chi connectivity index (χ1n) is 6.82. The number of benzene rings is 2. The lowest BCUT2D eigenvalue weighted by Crippen LogP contribution is -2.44. The fourth-order valence-electron chi connectivity index (χ4n) is 2.70. The normalized spacial score (nSPS) is 21.2. The van der Waals surface area contributed by atoms with Gasteiger partial charge in [0, 0.05) is 5.56 Å². The Morgan fingerprint density at radius 2 is 1.76 bits per heavy atom. The monoisotopic (exact) mass is 303 g/mol. The van der Waals surface area contributed by atoms with Gasteiger partial charge in [0.2, 0.25) is 10.0 Å². The Labute approximate surface area is 124 Å². The molecule has 2 aromatic rings. The second-order valence-electron chi connectivity index (χ2n) is 5.44. The highest BCUT2D eigenvalue weighted by Crippen LogP contribution is 2.35. The summed E-state index contributed by atoms with van der Waals surface area (Å²) in [6.07, 6.45) is 1.00. The summed E-state index contributed by atoms with van der Waals surface area (Å²) in [6.45, 7) is 1.89. The van der Waals surface area contributed by atoms with Crippen LogP contribution in [0.15, 0.2) is 53.4 Å². The van der Waals surface area contributed by atoms with Crippen LogP contribution in [0.3, 0.4) is 0 Å². The molecule has 0 fully saturated rings. The van der Waals surface area contributed by atoms with Gasteiger partial charge in [-0.25, -0.2) is 8.42 Å². The zero-order valence-electron chi connectivity index (χ0n) is 11.7. The molecular formula is C16H17NO3S. The van der Waals surface area contributed by atoms with Crippen LogP contribution in [0, 0.1) is 6.92 Å². The molecule has 0 saturated heterocycles. The van der Waals surface area contributed by atoms with Gasteiger partial charge < -0.3 is 5.11 Å². The number of hydrogen-bond acceptors (Lipinski definition) is 3. The fraction of sp³-hybridized carbons (Fsp3) is 0.250. The summed E-state index contributed by atoms with van der Waals surface area (Å²) < 4.78 is 27.3. The molecule has 4 nitrogen and oxygen atoms in total. The summed E-state index contributed by atoms with van der Waals surface area (Å²) in [5.41, 5.74) is 1.08. The topological polar surface area (TPSA) is 66.4 Å². The fourth-order valence-corrected chi connectivity index (χ4v) is 3.97. The summed E-state index contributed by atoms with van der Waals surface area (Å²) in [6, 6.07) is 13.9. The third kappa shape index (κ3) is 2.60. The molecule has 1 unspecified atom stereocenters. The van der Waals surface area contributed by atoms with E-state index in [0.717, 1.165) is 11.1 Å². The van der Waals surface area contributed by atoms with Crippen LogP contribution in [0.25, 0.3) is 0 Å². The molecule has 2 aromatic carbocycles. The molecule has 1 atom stereocenters. The van der Waals surface area contributed by atoms with Crippen LogP contribution in [-0.2, 0) is 22.2 Å². The van der Waals surface area contributed by atoms with Crippen molar-refractivity contribution in [1.82, 2.24) is 4.72 Å². The average Bonchev–Trinajstić information content (AvgIpc) is 2.77. The molecule has 5 heteroatoms. The third-order valence-electron chi connectivity index (χ3n) is 3.85. The Kier molecular flexibility index (Phi) is 3.36. The van der Waals surface area contributed by atoms with Crippen LogP contribution < -0.4 is 4.72 Å². The van der Waals surface area contributed by atoms with Crippen LogP contribution >= 0.6 is 0 Å². The van der Waals surface area contributed by atoms with Crippen molar-refractivity contribution in [2.45, 2.75) is 30.4 Å². The highest BCUT2D eigenvalue weighted by atomic mass is 32.2. The van der Waals surface area contributed by atoms with Crippen LogP contribution in [0.1, 0.15) is 23.1 Å². The molecule has 0 bridgehead atoms. The molecule has 3 rings (SSSR count). The lowest BCUT2D eigenvalue weighted by Gasteiger charge is -2.25. The molecule has 0 amide bonds. The molecule has 1 aliphatic carbocycles. The van der Waals surface area contributed by atoms with E-state index in [2.05, 4.69) is 4.72 Å². The molecule has 0 saturated carbocycles. The zero-order valence-corrected chi connectivity index (χ0v) is 12.5. The van der Waals surface area contributed by atoms with Crippen LogP contribution in [0.5, 0.6) is 0 Å². The van der Waals surface area contributed by atoms with Crippen molar-refractivity contribution in [3.63, 3.8) is 0 Å². The first-order chi connectivity index (χ1) is 9.91. The standard InChI is InChI=1S/C16H17NO3S/c1-12-6-8-14(9-7-12)21(19,20)17-16(18)11-10-13-4-2-3-5-15(13)16/h2-9,17-18H,10-11H2,1H3. The number of rotatable bonds is 3. The number of aryl methyl sites for hydroxylation is 2. The van der Waals surface area contributed by atoms with E-state index in [9.17, 15) is 13.5 Å². The van der Waals surface area contributed by atoms with Gasteiger partial charge in [-0.3, -0.25) is 0 Å². The van der Waals surface area contributed by atoms with Crippen LogP contribution in [-0.4, -0.2) is 13.5 Å². The Bertz CT molecular complexity index is 768. The second kappa shape index (κ2) is 4.94. The van der Waals surface area contributed by atoms with Crippen molar-refractivity contribution in [2.75, 3.05) is 0 Å². The largest absolute Gasteiger partial charge is 0.371 e. The summed E-state index contributed by atoms with van der Waals surface area (Å²) in [5, 5.41) is 10.7. The van der Waals surface area contributed by atoms with E-state index in [1.165, 1.54) is 0 Å². The minimum absolute atomic E-state index is 0.158. The maximum Gasteiger partial charge on any atom is 0.243 e. The first-order valence-corrected chi connectivity index (χ1v) is 8.30. The van der Waals surface area contributed by atoms with Crippen molar-refractivity contribution in [3.8, 4) is 0 Å². The average molecular weight is 303 g/mol. The maximum absolute atomic E-state index is 12.4. The molecule has 0 aromatic heterocycles. The number of sulfonamides is 1. The molecular weight excluding hydrogens is 286 g/mol. The molecule has 0 radical (unpaired) electrons. The summed E-state index contributed by atoms with van der Waals surface area (Å²) >= 11 is 0. The summed E-state index contributed by atoms with van der Waals surface area (Å²) in [4.78, 5) is 0.158. The number of fused-ring (bicyclic) bond motifs is 1. The van der Waals surface area contributed by atoms with Gasteiger partial charge in [-0.05, 0) is 37.5 Å². The van der Waals surface area contributed by atoms with Gasteiger partial charge in [0.15, 0.2) is 5.72 Å². The maximum atomic E-state index is 12.4. The van der Waals surface area contributed by atoms with Gasteiger partial charge in [0.1, 0.15) is 0 Å². The highest BCUT2D eigenvalue weighted by Gasteiger charge is 2.40. The van der Waals surface area contributed by atoms with E-state index >= 15 is 0 Å². The molecule has 110 valence electrons. The predicted octanol–water partition coefficient (Wildman–Crippen LogP) is 2.06. The van der Waals surface area contributed by atoms with Gasteiger partial charge in [-0.1, -0.05) is 42.0 Å². The molecule has 21 heavy (non-hydrogen) atoms. The zero-order chi connectivity index (χ0) is 15.1. The molecule has 0 aliphatic heterocycles.